The van der Waals surface area contributed by atoms with Crippen molar-refractivity contribution >= 4 is 12.0 Å². The van der Waals surface area contributed by atoms with E-state index in [2.05, 4.69) is 0 Å². The van der Waals surface area contributed by atoms with Crippen LogP contribution in [0.3, 0.4) is 0 Å². The highest BCUT2D eigenvalue weighted by Crippen LogP contribution is 2.14. The molecule has 0 aliphatic carbocycles. The minimum absolute atomic E-state index is 0.0890. The molecule has 1 unspecified atom stereocenters. The summed E-state index contributed by atoms with van der Waals surface area (Å²) >= 11 is 0. The van der Waals surface area contributed by atoms with Crippen molar-refractivity contribution in [2.45, 2.75) is 26.0 Å². The molecule has 1 atom stereocenters. The summed E-state index contributed by atoms with van der Waals surface area (Å²) in [6, 6.07) is 1.71. The molecule has 0 bridgehead atoms. The number of carboxylic acid groups (broad SMARTS) is 1. The highest BCUT2D eigenvalue weighted by molar-refractivity contribution is 5.74. The molecule has 1 aromatic heterocycles. The smallest absolute Gasteiger partial charge is 0.320 e. The number of urea groups is 1. The van der Waals surface area contributed by atoms with Crippen LogP contribution in [0.15, 0.2) is 16.7 Å². The molecule has 2 heterocycles. The topological polar surface area (TPSA) is 83.2 Å². The first kappa shape index (κ1) is 15.4. The van der Waals surface area contributed by atoms with Gasteiger partial charge in [0.25, 0.3) is 0 Å². The van der Waals surface area contributed by atoms with E-state index < -0.39 is 12.1 Å². The third kappa shape index (κ3) is 3.98. The van der Waals surface area contributed by atoms with Crippen molar-refractivity contribution in [2.75, 3.05) is 26.7 Å². The maximum absolute atomic E-state index is 12.4. The zero-order valence-electron chi connectivity index (χ0n) is 12.2. The molecule has 2 rings (SSSR count). The second kappa shape index (κ2) is 6.62. The third-order valence-corrected chi connectivity index (χ3v) is 3.51. The third-order valence-electron chi connectivity index (χ3n) is 3.51. The molecule has 7 nitrogen and oxygen atoms in total. The summed E-state index contributed by atoms with van der Waals surface area (Å²) in [5.41, 5.74) is 0.959. The molecule has 1 N–H and O–H groups in total. The maximum atomic E-state index is 12.4. The van der Waals surface area contributed by atoms with Crippen molar-refractivity contribution in [3.05, 3.63) is 23.7 Å². The van der Waals surface area contributed by atoms with Crippen molar-refractivity contribution < 1.29 is 23.8 Å². The molecule has 116 valence electrons. The Kier molecular flexibility index (Phi) is 4.85. The minimum atomic E-state index is -0.920. The van der Waals surface area contributed by atoms with Crippen LogP contribution in [0.4, 0.5) is 4.79 Å². The molecule has 7 heteroatoms. The molecule has 21 heavy (non-hydrogen) atoms. The van der Waals surface area contributed by atoms with E-state index in [1.165, 1.54) is 0 Å². The molecule has 1 saturated heterocycles. The van der Waals surface area contributed by atoms with Crippen LogP contribution in [-0.4, -0.2) is 59.8 Å². The van der Waals surface area contributed by atoms with Gasteiger partial charge in [0.05, 0.1) is 31.9 Å². The van der Waals surface area contributed by atoms with E-state index in [0.29, 0.717) is 26.2 Å². The lowest BCUT2D eigenvalue weighted by Gasteiger charge is -2.34. The molecular weight excluding hydrogens is 276 g/mol. The Morgan fingerprint density at radius 1 is 1.52 bits per heavy atom. The molecule has 1 fully saturated rings. The monoisotopic (exact) mass is 296 g/mol. The van der Waals surface area contributed by atoms with Crippen LogP contribution in [0.25, 0.3) is 0 Å². The average molecular weight is 296 g/mol. The number of nitrogens with zero attached hydrogens (tertiary/aromatic N) is 2. The minimum Gasteiger partial charge on any atom is -0.481 e. The van der Waals surface area contributed by atoms with E-state index in [4.69, 9.17) is 14.3 Å². The number of rotatable bonds is 4. The molecule has 0 saturated carbocycles. The van der Waals surface area contributed by atoms with E-state index in [1.54, 1.807) is 23.1 Å². The zero-order valence-corrected chi connectivity index (χ0v) is 12.2. The lowest BCUT2D eigenvalue weighted by Crippen LogP contribution is -2.50. The fourth-order valence-corrected chi connectivity index (χ4v) is 2.35. The van der Waals surface area contributed by atoms with Crippen LogP contribution in [0.2, 0.25) is 0 Å². The first-order valence-corrected chi connectivity index (χ1v) is 6.83. The lowest BCUT2D eigenvalue weighted by atomic mass is 10.2. The predicted octanol–water partition coefficient (Wildman–Crippen LogP) is 1.32. The Bertz CT molecular complexity index is 513. The number of hydrogen-bond acceptors (Lipinski definition) is 4. The van der Waals surface area contributed by atoms with Crippen molar-refractivity contribution in [1.29, 1.82) is 0 Å². The summed E-state index contributed by atoms with van der Waals surface area (Å²) in [4.78, 5) is 26.3. The largest absolute Gasteiger partial charge is 0.481 e. The van der Waals surface area contributed by atoms with Crippen LogP contribution in [0.5, 0.6) is 0 Å². The fourth-order valence-electron chi connectivity index (χ4n) is 2.35. The summed E-state index contributed by atoms with van der Waals surface area (Å²) in [7, 11) is 1.72. The summed E-state index contributed by atoms with van der Waals surface area (Å²) < 4.78 is 10.6. The number of furan rings is 1. The van der Waals surface area contributed by atoms with Gasteiger partial charge in [-0.1, -0.05) is 0 Å². The number of amides is 2. The number of morpholine rings is 1. The van der Waals surface area contributed by atoms with Crippen molar-refractivity contribution in [1.82, 2.24) is 9.80 Å². The van der Waals surface area contributed by atoms with Gasteiger partial charge in [-0.3, -0.25) is 4.79 Å². The normalized spacial score (nSPS) is 18.6. The maximum Gasteiger partial charge on any atom is 0.320 e. The first-order valence-electron chi connectivity index (χ1n) is 6.83. The second-order valence-corrected chi connectivity index (χ2v) is 5.18. The Balaban J connectivity index is 1.92. The van der Waals surface area contributed by atoms with E-state index in [0.717, 1.165) is 11.3 Å². The average Bonchev–Trinajstić information content (AvgIpc) is 2.83. The summed E-state index contributed by atoms with van der Waals surface area (Å²) in [5.74, 6) is -0.128. The number of aryl methyl sites for hydroxylation is 1. The van der Waals surface area contributed by atoms with Gasteiger partial charge in [0, 0.05) is 25.7 Å². The summed E-state index contributed by atoms with van der Waals surface area (Å²) in [6.07, 6.45) is 1.07. The van der Waals surface area contributed by atoms with E-state index >= 15 is 0 Å². The summed E-state index contributed by atoms with van der Waals surface area (Å²) in [5, 5.41) is 8.80. The highest BCUT2D eigenvalue weighted by Gasteiger charge is 2.27. The van der Waals surface area contributed by atoms with Crippen molar-refractivity contribution in [2.24, 2.45) is 0 Å². The second-order valence-electron chi connectivity index (χ2n) is 5.18. The van der Waals surface area contributed by atoms with Gasteiger partial charge in [-0.15, -0.1) is 0 Å². The first-order chi connectivity index (χ1) is 9.97. The lowest BCUT2D eigenvalue weighted by molar-refractivity contribution is -0.141. The van der Waals surface area contributed by atoms with Crippen molar-refractivity contribution in [3.63, 3.8) is 0 Å². The molecule has 0 aromatic carbocycles. The molecule has 1 aromatic rings. The van der Waals surface area contributed by atoms with Crippen LogP contribution < -0.4 is 0 Å². The van der Waals surface area contributed by atoms with Crippen LogP contribution in [0, 0.1) is 6.92 Å². The van der Waals surface area contributed by atoms with Crippen molar-refractivity contribution in [3.8, 4) is 0 Å². The van der Waals surface area contributed by atoms with Gasteiger partial charge in [0.2, 0.25) is 0 Å². The number of ether oxygens (including phenoxy) is 1. The highest BCUT2D eigenvalue weighted by atomic mass is 16.5. The number of aliphatic carboxylic acids is 1. The van der Waals surface area contributed by atoms with Gasteiger partial charge in [0.1, 0.15) is 5.76 Å². The van der Waals surface area contributed by atoms with Gasteiger partial charge in [-0.2, -0.15) is 0 Å². The van der Waals surface area contributed by atoms with E-state index in [1.807, 2.05) is 13.0 Å². The van der Waals surface area contributed by atoms with Gasteiger partial charge >= 0.3 is 12.0 Å². The fraction of sp³-hybridized carbons (Fsp3) is 0.571. The van der Waals surface area contributed by atoms with E-state index in [-0.39, 0.29) is 12.5 Å². The number of hydrogen-bond donors (Lipinski definition) is 1. The molecule has 1 aliphatic rings. The van der Waals surface area contributed by atoms with E-state index in [9.17, 15) is 9.59 Å². The molecular formula is C14H20N2O5. The van der Waals surface area contributed by atoms with Crippen LogP contribution in [-0.2, 0) is 16.1 Å². The van der Waals surface area contributed by atoms with Crippen LogP contribution >= 0.6 is 0 Å². The Hall–Kier alpha value is -2.02. The quantitative estimate of drug-likeness (QED) is 0.906. The molecule has 0 radical (unpaired) electrons. The molecule has 2 amide bonds. The number of carbonyl (C=O) groups is 2. The molecule has 1 aliphatic heterocycles. The van der Waals surface area contributed by atoms with Gasteiger partial charge < -0.3 is 24.1 Å². The summed E-state index contributed by atoms with van der Waals surface area (Å²) in [6.45, 7) is 3.46. The zero-order chi connectivity index (χ0) is 15.4. The Morgan fingerprint density at radius 2 is 2.29 bits per heavy atom. The van der Waals surface area contributed by atoms with Gasteiger partial charge in [-0.25, -0.2) is 4.79 Å². The van der Waals surface area contributed by atoms with Crippen LogP contribution in [0.1, 0.15) is 17.7 Å². The Labute approximate surface area is 123 Å². The predicted molar refractivity (Wildman–Crippen MR) is 73.9 cm³/mol. The SMILES string of the molecule is Cc1occc1CN(C)C(=O)N1CCOC(CC(=O)O)C1. The standard InChI is InChI=1S/C14H20N2O5/c1-10-11(3-5-20-10)8-15(2)14(19)16-4-6-21-12(9-16)7-13(17)18/h3,5,12H,4,6-9H2,1-2H3,(H,17,18). The molecule has 0 spiro atoms. The van der Waals surface area contributed by atoms with Gasteiger partial charge in [-0.05, 0) is 13.0 Å². The number of carboxylic acids is 1. The number of carbonyl (C=O) groups excluding carboxylic acids is 1. The van der Waals surface area contributed by atoms with Gasteiger partial charge in [0.15, 0.2) is 0 Å². The Morgan fingerprint density at radius 3 is 2.90 bits per heavy atom.